The molecule has 3 heterocycles. The Hall–Kier alpha value is -2.97. The Balaban J connectivity index is 1.91. The van der Waals surface area contributed by atoms with Crippen LogP contribution < -0.4 is 5.43 Å². The van der Waals surface area contributed by atoms with Crippen LogP contribution in [0.5, 0.6) is 0 Å². The first-order valence-electron chi connectivity index (χ1n) is 6.07. The summed E-state index contributed by atoms with van der Waals surface area (Å²) in [4.78, 5) is 22.9. The smallest absolute Gasteiger partial charge is 0.267 e. The Morgan fingerprint density at radius 1 is 1.14 bits per heavy atom. The van der Waals surface area contributed by atoms with E-state index in [0.717, 1.165) is 6.07 Å². The van der Waals surface area contributed by atoms with Crippen LogP contribution in [0.1, 0.15) is 16.1 Å². The van der Waals surface area contributed by atoms with Crippen LogP contribution >= 0.6 is 0 Å². The monoisotopic (exact) mass is 307 g/mol. The standard InChI is InChI=1S/C13H8F3N5O/c14-13(15,16)11-2-1-10-9(19-11)3-4-21(10)20-12(22)8-5-17-7-18-6-8/h1-7H,(H,20,22). The zero-order valence-electron chi connectivity index (χ0n) is 10.9. The van der Waals surface area contributed by atoms with E-state index in [1.54, 1.807) is 0 Å². The van der Waals surface area contributed by atoms with Gasteiger partial charge in [-0.1, -0.05) is 0 Å². The van der Waals surface area contributed by atoms with Gasteiger partial charge in [0.15, 0.2) is 0 Å². The molecule has 3 aromatic rings. The van der Waals surface area contributed by atoms with Gasteiger partial charge < -0.3 is 0 Å². The van der Waals surface area contributed by atoms with Crippen LogP contribution in [0.4, 0.5) is 13.2 Å². The molecule has 0 aromatic carbocycles. The number of nitrogens with one attached hydrogen (secondary N) is 1. The molecule has 112 valence electrons. The maximum atomic E-state index is 12.6. The summed E-state index contributed by atoms with van der Waals surface area (Å²) in [6, 6.07) is 3.48. The lowest BCUT2D eigenvalue weighted by molar-refractivity contribution is -0.140. The predicted molar refractivity (Wildman–Crippen MR) is 70.5 cm³/mol. The number of alkyl halides is 3. The molecule has 0 aliphatic carbocycles. The fraction of sp³-hybridized carbons (Fsp3) is 0.0769. The number of amides is 1. The highest BCUT2D eigenvalue weighted by molar-refractivity contribution is 6.00. The lowest BCUT2D eigenvalue weighted by Crippen LogP contribution is -2.22. The molecule has 1 amide bonds. The molecular weight excluding hydrogens is 299 g/mol. The molecule has 0 spiro atoms. The van der Waals surface area contributed by atoms with E-state index in [2.05, 4.69) is 20.4 Å². The van der Waals surface area contributed by atoms with Crippen LogP contribution in [0.15, 0.2) is 43.1 Å². The van der Waals surface area contributed by atoms with Crippen molar-refractivity contribution in [3.8, 4) is 0 Å². The lowest BCUT2D eigenvalue weighted by atomic mass is 10.3. The van der Waals surface area contributed by atoms with Crippen molar-refractivity contribution in [2.75, 3.05) is 5.43 Å². The maximum absolute atomic E-state index is 12.6. The molecule has 22 heavy (non-hydrogen) atoms. The van der Waals surface area contributed by atoms with Crippen LogP contribution in [0.25, 0.3) is 11.0 Å². The van der Waals surface area contributed by atoms with E-state index >= 15 is 0 Å². The summed E-state index contributed by atoms with van der Waals surface area (Å²) in [5.74, 6) is -0.488. The van der Waals surface area contributed by atoms with Crippen LogP contribution in [-0.2, 0) is 6.18 Å². The molecule has 0 unspecified atom stereocenters. The molecular formula is C13H8F3N5O. The SMILES string of the molecule is O=C(Nn1ccc2nc(C(F)(F)F)ccc21)c1cncnc1. The van der Waals surface area contributed by atoms with E-state index in [4.69, 9.17) is 0 Å². The molecule has 3 aromatic heterocycles. The Bertz CT molecular complexity index is 829. The summed E-state index contributed by atoms with van der Waals surface area (Å²) < 4.78 is 39.1. The molecule has 0 saturated heterocycles. The highest BCUT2D eigenvalue weighted by atomic mass is 19.4. The van der Waals surface area contributed by atoms with Crippen molar-refractivity contribution in [1.29, 1.82) is 0 Å². The summed E-state index contributed by atoms with van der Waals surface area (Å²) in [5.41, 5.74) is 2.23. The Kier molecular flexibility index (Phi) is 3.24. The molecule has 9 heteroatoms. The maximum Gasteiger partial charge on any atom is 0.433 e. The number of pyridine rings is 1. The van der Waals surface area contributed by atoms with Gasteiger partial charge in [-0.3, -0.25) is 14.9 Å². The second-order valence-electron chi connectivity index (χ2n) is 4.35. The number of rotatable bonds is 2. The van der Waals surface area contributed by atoms with Gasteiger partial charge in [0.1, 0.15) is 12.0 Å². The third-order valence-corrected chi connectivity index (χ3v) is 2.88. The summed E-state index contributed by atoms with van der Waals surface area (Å²) in [6.45, 7) is 0. The topological polar surface area (TPSA) is 72.7 Å². The average molecular weight is 307 g/mol. The van der Waals surface area contributed by atoms with Crippen molar-refractivity contribution in [3.63, 3.8) is 0 Å². The Morgan fingerprint density at radius 2 is 1.86 bits per heavy atom. The number of fused-ring (bicyclic) bond motifs is 1. The quantitative estimate of drug-likeness (QED) is 0.788. The van der Waals surface area contributed by atoms with Crippen LogP contribution in [-0.4, -0.2) is 25.5 Å². The van der Waals surface area contributed by atoms with E-state index in [-0.39, 0.29) is 11.1 Å². The second kappa shape index (κ2) is 5.10. The fourth-order valence-electron chi connectivity index (χ4n) is 1.87. The first-order valence-corrected chi connectivity index (χ1v) is 6.07. The van der Waals surface area contributed by atoms with E-state index in [9.17, 15) is 18.0 Å². The van der Waals surface area contributed by atoms with Gasteiger partial charge in [-0.05, 0) is 18.2 Å². The van der Waals surface area contributed by atoms with Crippen molar-refractivity contribution < 1.29 is 18.0 Å². The summed E-state index contributed by atoms with van der Waals surface area (Å²) in [5, 5.41) is 0. The highest BCUT2D eigenvalue weighted by Crippen LogP contribution is 2.29. The van der Waals surface area contributed by atoms with Crippen molar-refractivity contribution in [2.24, 2.45) is 0 Å². The normalized spacial score (nSPS) is 11.6. The zero-order valence-corrected chi connectivity index (χ0v) is 10.9. The van der Waals surface area contributed by atoms with Gasteiger partial charge in [-0.15, -0.1) is 0 Å². The number of carbonyl (C=O) groups is 1. The van der Waals surface area contributed by atoms with E-state index in [1.807, 2.05) is 0 Å². The summed E-state index contributed by atoms with van der Waals surface area (Å²) in [7, 11) is 0. The van der Waals surface area contributed by atoms with Gasteiger partial charge in [0, 0.05) is 18.6 Å². The van der Waals surface area contributed by atoms with Gasteiger partial charge in [0.05, 0.1) is 16.6 Å². The molecule has 0 aliphatic rings. The number of halogens is 3. The Labute approximate surface area is 121 Å². The zero-order chi connectivity index (χ0) is 15.7. The van der Waals surface area contributed by atoms with Gasteiger partial charge >= 0.3 is 6.18 Å². The number of hydrogen-bond donors (Lipinski definition) is 1. The molecule has 0 saturated carbocycles. The molecule has 1 N–H and O–H groups in total. The summed E-state index contributed by atoms with van der Waals surface area (Å²) in [6.07, 6.45) is 0.840. The first-order chi connectivity index (χ1) is 10.4. The molecule has 0 aliphatic heterocycles. The highest BCUT2D eigenvalue weighted by Gasteiger charge is 2.32. The number of carbonyl (C=O) groups excluding carboxylic acids is 1. The van der Waals surface area contributed by atoms with Crippen LogP contribution in [0, 0.1) is 0 Å². The minimum atomic E-state index is -4.51. The number of nitrogens with zero attached hydrogens (tertiary/aromatic N) is 4. The fourth-order valence-corrected chi connectivity index (χ4v) is 1.87. The lowest BCUT2D eigenvalue weighted by Gasteiger charge is -2.08. The van der Waals surface area contributed by atoms with Crippen molar-refractivity contribution in [2.45, 2.75) is 6.18 Å². The van der Waals surface area contributed by atoms with E-state index in [0.29, 0.717) is 5.52 Å². The van der Waals surface area contributed by atoms with Crippen molar-refractivity contribution >= 4 is 16.9 Å². The number of aromatic nitrogens is 4. The van der Waals surface area contributed by atoms with E-state index in [1.165, 1.54) is 41.7 Å². The Morgan fingerprint density at radius 3 is 2.55 bits per heavy atom. The van der Waals surface area contributed by atoms with E-state index < -0.39 is 17.8 Å². The summed E-state index contributed by atoms with van der Waals surface area (Å²) >= 11 is 0. The van der Waals surface area contributed by atoms with Crippen molar-refractivity contribution in [1.82, 2.24) is 19.6 Å². The largest absolute Gasteiger partial charge is 0.433 e. The number of hydrogen-bond acceptors (Lipinski definition) is 4. The molecule has 0 bridgehead atoms. The third-order valence-electron chi connectivity index (χ3n) is 2.88. The van der Waals surface area contributed by atoms with Crippen LogP contribution in [0.3, 0.4) is 0 Å². The average Bonchev–Trinajstić information content (AvgIpc) is 2.89. The minimum Gasteiger partial charge on any atom is -0.267 e. The van der Waals surface area contributed by atoms with Crippen LogP contribution in [0.2, 0.25) is 0 Å². The second-order valence-corrected chi connectivity index (χ2v) is 4.35. The predicted octanol–water partition coefficient (Wildman–Crippen LogP) is 2.23. The van der Waals surface area contributed by atoms with Crippen molar-refractivity contribution in [3.05, 3.63) is 54.4 Å². The van der Waals surface area contributed by atoms with Gasteiger partial charge in [-0.25, -0.2) is 15.0 Å². The minimum absolute atomic E-state index is 0.124. The van der Waals surface area contributed by atoms with Gasteiger partial charge in [0.2, 0.25) is 0 Å². The van der Waals surface area contributed by atoms with Gasteiger partial charge in [-0.2, -0.15) is 13.2 Å². The third kappa shape index (κ3) is 2.60. The molecule has 0 fully saturated rings. The van der Waals surface area contributed by atoms with Gasteiger partial charge in [0.25, 0.3) is 5.91 Å². The first kappa shape index (κ1) is 14.0. The molecule has 0 radical (unpaired) electrons. The molecule has 0 atom stereocenters. The molecule has 6 nitrogen and oxygen atoms in total. The molecule has 3 rings (SSSR count).